The Morgan fingerprint density at radius 3 is 2.36 bits per heavy atom. The van der Waals surface area contributed by atoms with Gasteiger partial charge in [0.15, 0.2) is 0 Å². The van der Waals surface area contributed by atoms with E-state index < -0.39 is 5.60 Å². The Bertz CT molecular complexity index is 139. The monoisotopic (exact) mass is 199 g/mol. The topological polar surface area (TPSA) is 32.3 Å². The summed E-state index contributed by atoms with van der Waals surface area (Å²) in [4.78, 5) is 0. The van der Waals surface area contributed by atoms with Gasteiger partial charge in [0.05, 0.1) is 5.60 Å². The molecule has 2 N–H and O–H groups in total. The summed E-state index contributed by atoms with van der Waals surface area (Å²) in [5, 5.41) is 13.7. The molecule has 2 heteroatoms. The molecule has 1 saturated carbocycles. The molecule has 2 nitrogen and oxygen atoms in total. The molecule has 0 heterocycles. The van der Waals surface area contributed by atoms with Gasteiger partial charge in [0.2, 0.25) is 0 Å². The first-order valence-electron chi connectivity index (χ1n) is 6.20. The highest BCUT2D eigenvalue weighted by Gasteiger charge is 2.26. The average Bonchev–Trinajstić information content (AvgIpc) is 2.39. The van der Waals surface area contributed by atoms with Crippen LogP contribution in [0.1, 0.15) is 58.3 Å². The highest BCUT2D eigenvalue weighted by molar-refractivity contribution is 4.82. The van der Waals surface area contributed by atoms with Crippen molar-refractivity contribution in [2.75, 3.05) is 13.1 Å². The molecular formula is C12H25NO. The van der Waals surface area contributed by atoms with E-state index in [1.165, 1.54) is 38.5 Å². The lowest BCUT2D eigenvalue weighted by Gasteiger charge is -2.26. The highest BCUT2D eigenvalue weighted by atomic mass is 16.3. The maximum Gasteiger partial charge on any atom is 0.0771 e. The predicted molar refractivity (Wildman–Crippen MR) is 60.4 cm³/mol. The molecule has 0 aromatic heterocycles. The number of hydrogen-bond acceptors (Lipinski definition) is 2. The molecule has 1 fully saturated rings. The van der Waals surface area contributed by atoms with Crippen molar-refractivity contribution < 1.29 is 5.11 Å². The quantitative estimate of drug-likeness (QED) is 0.526. The summed E-state index contributed by atoms with van der Waals surface area (Å²) < 4.78 is 0. The van der Waals surface area contributed by atoms with Crippen molar-refractivity contribution in [1.82, 2.24) is 5.32 Å². The Morgan fingerprint density at radius 2 is 1.79 bits per heavy atom. The summed E-state index contributed by atoms with van der Waals surface area (Å²) in [5.41, 5.74) is -0.399. The maximum atomic E-state index is 10.3. The zero-order valence-electron chi connectivity index (χ0n) is 9.52. The van der Waals surface area contributed by atoms with Crippen molar-refractivity contribution in [1.29, 1.82) is 0 Å². The number of hydrogen-bond donors (Lipinski definition) is 2. The van der Waals surface area contributed by atoms with E-state index in [1.807, 2.05) is 0 Å². The smallest absolute Gasteiger partial charge is 0.0771 e. The van der Waals surface area contributed by atoms with E-state index in [0.717, 1.165) is 25.9 Å². The van der Waals surface area contributed by atoms with Crippen molar-refractivity contribution in [2.24, 2.45) is 0 Å². The molecule has 0 aromatic rings. The van der Waals surface area contributed by atoms with Crippen LogP contribution in [-0.4, -0.2) is 23.8 Å². The van der Waals surface area contributed by atoms with Gasteiger partial charge in [-0.1, -0.05) is 39.0 Å². The second-order valence-corrected chi connectivity index (χ2v) is 4.67. The first kappa shape index (κ1) is 12.0. The number of nitrogens with one attached hydrogen (secondary N) is 1. The fourth-order valence-electron chi connectivity index (χ4n) is 2.19. The second-order valence-electron chi connectivity index (χ2n) is 4.67. The molecule has 0 aliphatic heterocycles. The van der Waals surface area contributed by atoms with Crippen LogP contribution in [0.15, 0.2) is 0 Å². The molecule has 0 unspecified atom stereocenters. The van der Waals surface area contributed by atoms with Crippen LogP contribution in [0.3, 0.4) is 0 Å². The molecule has 1 rings (SSSR count). The SMILES string of the molecule is CCCCNCC1(O)CCCCCC1. The van der Waals surface area contributed by atoms with Gasteiger partial charge in [0.25, 0.3) is 0 Å². The van der Waals surface area contributed by atoms with Gasteiger partial charge >= 0.3 is 0 Å². The van der Waals surface area contributed by atoms with Crippen LogP contribution < -0.4 is 5.32 Å². The molecule has 1 aliphatic rings. The van der Waals surface area contributed by atoms with Gasteiger partial charge in [-0.15, -0.1) is 0 Å². The molecule has 0 saturated heterocycles. The molecule has 0 amide bonds. The zero-order chi connectivity index (χ0) is 10.3. The third kappa shape index (κ3) is 4.43. The Morgan fingerprint density at radius 1 is 1.14 bits per heavy atom. The van der Waals surface area contributed by atoms with Gasteiger partial charge in [-0.25, -0.2) is 0 Å². The van der Waals surface area contributed by atoms with Crippen LogP contribution in [0.2, 0.25) is 0 Å². The van der Waals surface area contributed by atoms with E-state index in [0.29, 0.717) is 0 Å². The molecule has 1 aliphatic carbocycles. The summed E-state index contributed by atoms with van der Waals surface area (Å²) >= 11 is 0. The van der Waals surface area contributed by atoms with E-state index in [2.05, 4.69) is 12.2 Å². The van der Waals surface area contributed by atoms with Gasteiger partial charge in [-0.05, 0) is 25.8 Å². The van der Waals surface area contributed by atoms with Crippen LogP contribution in [0, 0.1) is 0 Å². The lowest BCUT2D eigenvalue weighted by molar-refractivity contribution is 0.0254. The van der Waals surface area contributed by atoms with Crippen molar-refractivity contribution in [3.8, 4) is 0 Å². The zero-order valence-corrected chi connectivity index (χ0v) is 9.52. The first-order chi connectivity index (χ1) is 6.77. The largest absolute Gasteiger partial charge is 0.389 e. The van der Waals surface area contributed by atoms with Gasteiger partial charge in [-0.2, -0.15) is 0 Å². The Kier molecular flexibility index (Phi) is 5.49. The number of aliphatic hydroxyl groups is 1. The molecule has 0 aromatic carbocycles. The molecule has 0 radical (unpaired) electrons. The molecule has 0 spiro atoms. The van der Waals surface area contributed by atoms with Crippen molar-refractivity contribution in [3.63, 3.8) is 0 Å². The average molecular weight is 199 g/mol. The number of unbranched alkanes of at least 4 members (excludes halogenated alkanes) is 1. The van der Waals surface area contributed by atoms with Crippen LogP contribution in [0.25, 0.3) is 0 Å². The minimum atomic E-state index is -0.399. The molecular weight excluding hydrogens is 174 g/mol. The van der Waals surface area contributed by atoms with E-state index in [1.54, 1.807) is 0 Å². The summed E-state index contributed by atoms with van der Waals surface area (Å²) in [6.07, 6.45) is 9.44. The number of rotatable bonds is 5. The van der Waals surface area contributed by atoms with Crippen molar-refractivity contribution in [3.05, 3.63) is 0 Å². The van der Waals surface area contributed by atoms with Gasteiger partial charge < -0.3 is 10.4 Å². The first-order valence-corrected chi connectivity index (χ1v) is 6.20. The normalized spacial score (nSPS) is 21.9. The Labute approximate surface area is 88.1 Å². The summed E-state index contributed by atoms with van der Waals surface area (Å²) in [5.74, 6) is 0. The van der Waals surface area contributed by atoms with Crippen molar-refractivity contribution in [2.45, 2.75) is 63.9 Å². The van der Waals surface area contributed by atoms with Crippen molar-refractivity contribution >= 4 is 0 Å². The molecule has 84 valence electrons. The van der Waals surface area contributed by atoms with Gasteiger partial charge in [0.1, 0.15) is 0 Å². The fraction of sp³-hybridized carbons (Fsp3) is 1.00. The lowest BCUT2D eigenvalue weighted by atomic mass is 9.94. The minimum absolute atomic E-state index is 0.399. The van der Waals surface area contributed by atoms with Crippen LogP contribution in [0.4, 0.5) is 0 Å². The van der Waals surface area contributed by atoms with Crippen LogP contribution >= 0.6 is 0 Å². The second kappa shape index (κ2) is 6.41. The Balaban J connectivity index is 2.17. The third-order valence-corrected chi connectivity index (χ3v) is 3.20. The van der Waals surface area contributed by atoms with Crippen LogP contribution in [-0.2, 0) is 0 Å². The lowest BCUT2D eigenvalue weighted by Crippen LogP contribution is -2.40. The van der Waals surface area contributed by atoms with Crippen LogP contribution in [0.5, 0.6) is 0 Å². The maximum absolute atomic E-state index is 10.3. The Hall–Kier alpha value is -0.0800. The van der Waals surface area contributed by atoms with Gasteiger partial charge in [0, 0.05) is 6.54 Å². The summed E-state index contributed by atoms with van der Waals surface area (Å²) in [7, 11) is 0. The predicted octanol–water partition coefficient (Wildman–Crippen LogP) is 2.46. The standard InChI is InChI=1S/C12H25NO/c1-2-3-10-13-11-12(14)8-6-4-5-7-9-12/h13-14H,2-11H2,1H3. The molecule has 14 heavy (non-hydrogen) atoms. The van der Waals surface area contributed by atoms with E-state index in [9.17, 15) is 5.11 Å². The third-order valence-electron chi connectivity index (χ3n) is 3.20. The van der Waals surface area contributed by atoms with E-state index in [-0.39, 0.29) is 0 Å². The van der Waals surface area contributed by atoms with E-state index in [4.69, 9.17) is 0 Å². The van der Waals surface area contributed by atoms with Gasteiger partial charge in [-0.3, -0.25) is 0 Å². The molecule has 0 atom stereocenters. The fourth-order valence-corrected chi connectivity index (χ4v) is 2.19. The van der Waals surface area contributed by atoms with E-state index >= 15 is 0 Å². The minimum Gasteiger partial charge on any atom is -0.389 e. The molecule has 0 bridgehead atoms. The summed E-state index contributed by atoms with van der Waals surface area (Å²) in [6.45, 7) is 4.05. The highest BCUT2D eigenvalue weighted by Crippen LogP contribution is 2.26. The summed E-state index contributed by atoms with van der Waals surface area (Å²) in [6, 6.07) is 0.